The van der Waals surface area contributed by atoms with Gasteiger partial charge in [-0.15, -0.1) is 0 Å². The van der Waals surface area contributed by atoms with Crippen molar-refractivity contribution in [3.63, 3.8) is 0 Å². The van der Waals surface area contributed by atoms with Gasteiger partial charge in [0.25, 0.3) is 12.3 Å². The van der Waals surface area contributed by atoms with Crippen LogP contribution in [0.5, 0.6) is 5.88 Å². The number of aromatic nitrogens is 3. The summed E-state index contributed by atoms with van der Waals surface area (Å²) < 4.78 is 39.3. The van der Waals surface area contributed by atoms with E-state index in [0.717, 1.165) is 18.5 Å². The Balaban J connectivity index is 1.66. The van der Waals surface area contributed by atoms with E-state index in [1.54, 1.807) is 16.5 Å². The fraction of sp³-hybridized carbons (Fsp3) is 0.350. The number of alkyl halides is 2. The van der Waals surface area contributed by atoms with E-state index in [0.29, 0.717) is 18.9 Å². The number of halogens is 2. The van der Waals surface area contributed by atoms with Gasteiger partial charge in [-0.3, -0.25) is 4.79 Å². The van der Waals surface area contributed by atoms with Gasteiger partial charge in [-0.2, -0.15) is 0 Å². The van der Waals surface area contributed by atoms with Crippen molar-refractivity contribution in [2.45, 2.75) is 25.2 Å². The third-order valence-corrected chi connectivity index (χ3v) is 4.93. The summed E-state index contributed by atoms with van der Waals surface area (Å²) in [6, 6.07) is 5.99. The number of carbonyl (C=O) groups excluding carboxylic acids is 1. The van der Waals surface area contributed by atoms with Gasteiger partial charge < -0.3 is 19.2 Å². The Morgan fingerprint density at radius 3 is 2.79 bits per heavy atom. The lowest BCUT2D eigenvalue weighted by Gasteiger charge is -2.19. The molecule has 152 valence electrons. The lowest BCUT2D eigenvalue weighted by molar-refractivity contribution is 0.0846. The molecule has 0 aromatic carbocycles. The molecule has 0 saturated carbocycles. The summed E-state index contributed by atoms with van der Waals surface area (Å²) in [6.07, 6.45) is 2.20. The van der Waals surface area contributed by atoms with Crippen molar-refractivity contribution < 1.29 is 23.0 Å². The minimum Gasteiger partial charge on any atom is -0.481 e. The van der Waals surface area contributed by atoms with Gasteiger partial charge in [-0.1, -0.05) is 6.07 Å². The molecule has 0 bridgehead atoms. The summed E-state index contributed by atoms with van der Waals surface area (Å²) in [4.78, 5) is 21.1. The fourth-order valence-corrected chi connectivity index (χ4v) is 3.38. The van der Waals surface area contributed by atoms with Crippen LogP contribution in [-0.4, -0.2) is 40.6 Å². The van der Waals surface area contributed by atoms with Crippen LogP contribution in [0.25, 0.3) is 5.65 Å². The predicted molar refractivity (Wildman–Crippen MR) is 102 cm³/mol. The highest BCUT2D eigenvalue weighted by molar-refractivity contribution is 6.03. The molecule has 0 radical (unpaired) electrons. The highest BCUT2D eigenvalue weighted by Gasteiger charge is 2.22. The zero-order valence-corrected chi connectivity index (χ0v) is 15.8. The number of carbonyl (C=O) groups is 1. The van der Waals surface area contributed by atoms with E-state index in [2.05, 4.69) is 15.3 Å². The van der Waals surface area contributed by atoms with Gasteiger partial charge in [0.05, 0.1) is 18.5 Å². The number of nitrogens with zero attached hydrogens (tertiary/aromatic N) is 3. The summed E-state index contributed by atoms with van der Waals surface area (Å²) in [5, 5.41) is 2.53. The molecule has 0 aliphatic carbocycles. The maximum atomic E-state index is 13.6. The van der Waals surface area contributed by atoms with E-state index in [4.69, 9.17) is 9.47 Å². The van der Waals surface area contributed by atoms with Crippen LogP contribution in [0.15, 0.2) is 36.7 Å². The van der Waals surface area contributed by atoms with E-state index in [1.807, 2.05) is 6.20 Å². The molecule has 7 nitrogen and oxygen atoms in total. The normalized spacial score (nSPS) is 15.0. The molecule has 4 heterocycles. The van der Waals surface area contributed by atoms with Crippen molar-refractivity contribution in [2.24, 2.45) is 0 Å². The molecule has 4 rings (SSSR count). The molecule has 0 unspecified atom stereocenters. The van der Waals surface area contributed by atoms with Crippen LogP contribution in [-0.2, 0) is 4.74 Å². The Morgan fingerprint density at radius 2 is 2.07 bits per heavy atom. The Labute approximate surface area is 165 Å². The second kappa shape index (κ2) is 8.12. The number of amides is 1. The SMILES string of the molecule is COc1cccc(C(=O)Nc2cn3cc(C4CCOCC4)nc3cc2C(F)F)n1. The van der Waals surface area contributed by atoms with Crippen LogP contribution >= 0.6 is 0 Å². The Kier molecular flexibility index (Phi) is 5.39. The van der Waals surface area contributed by atoms with E-state index >= 15 is 0 Å². The van der Waals surface area contributed by atoms with Gasteiger partial charge in [-0.05, 0) is 25.0 Å². The van der Waals surface area contributed by atoms with Crippen LogP contribution in [0.4, 0.5) is 14.5 Å². The van der Waals surface area contributed by atoms with Crippen LogP contribution < -0.4 is 10.1 Å². The predicted octanol–water partition coefficient (Wildman–Crippen LogP) is 3.82. The Hall–Kier alpha value is -3.07. The number of anilines is 1. The van der Waals surface area contributed by atoms with Crippen molar-refractivity contribution in [1.29, 1.82) is 0 Å². The summed E-state index contributed by atoms with van der Waals surface area (Å²) in [7, 11) is 1.43. The quantitative estimate of drug-likeness (QED) is 0.702. The van der Waals surface area contributed by atoms with Crippen molar-refractivity contribution in [3.8, 4) is 5.88 Å². The number of hydrogen-bond donors (Lipinski definition) is 1. The lowest BCUT2D eigenvalue weighted by atomic mass is 9.97. The van der Waals surface area contributed by atoms with Gasteiger partial charge in [-0.25, -0.2) is 18.7 Å². The minimum absolute atomic E-state index is 0.0121. The average molecular weight is 402 g/mol. The van der Waals surface area contributed by atoms with Crippen molar-refractivity contribution in [2.75, 3.05) is 25.6 Å². The fourth-order valence-electron chi connectivity index (χ4n) is 3.38. The molecule has 3 aromatic rings. The molecule has 9 heteroatoms. The van der Waals surface area contributed by atoms with Crippen LogP contribution in [0.3, 0.4) is 0 Å². The molecule has 1 amide bonds. The zero-order valence-electron chi connectivity index (χ0n) is 15.8. The van der Waals surface area contributed by atoms with E-state index in [9.17, 15) is 13.6 Å². The number of imidazole rings is 1. The Bertz CT molecular complexity index is 1030. The second-order valence-corrected chi connectivity index (χ2v) is 6.78. The first-order chi connectivity index (χ1) is 14.0. The second-order valence-electron chi connectivity index (χ2n) is 6.78. The first-order valence-electron chi connectivity index (χ1n) is 9.26. The third kappa shape index (κ3) is 4.04. The molecule has 3 aromatic heterocycles. The summed E-state index contributed by atoms with van der Waals surface area (Å²) in [6.45, 7) is 1.32. The first kappa shape index (κ1) is 19.3. The van der Waals surface area contributed by atoms with E-state index in [1.165, 1.54) is 25.4 Å². The minimum atomic E-state index is -2.77. The van der Waals surface area contributed by atoms with Gasteiger partial charge in [0.1, 0.15) is 11.3 Å². The largest absolute Gasteiger partial charge is 0.481 e. The molecule has 0 spiro atoms. The highest BCUT2D eigenvalue weighted by Crippen LogP contribution is 2.31. The third-order valence-electron chi connectivity index (χ3n) is 4.93. The van der Waals surface area contributed by atoms with Crippen molar-refractivity contribution in [3.05, 3.63) is 53.6 Å². The molecule has 0 atom stereocenters. The molecule has 1 N–H and O–H groups in total. The Morgan fingerprint density at radius 1 is 1.28 bits per heavy atom. The standard InChI is InChI=1S/C20H20F2N4O3/c1-28-18-4-2-3-14(24-18)20(27)25-16-11-26-10-15(12-5-7-29-8-6-12)23-17(26)9-13(16)19(21)22/h2-4,9-12,19H,5-8H2,1H3,(H,25,27). The molecule has 1 aliphatic heterocycles. The summed E-state index contributed by atoms with van der Waals surface area (Å²) >= 11 is 0. The molecule has 1 aliphatic rings. The van der Waals surface area contributed by atoms with Gasteiger partial charge in [0, 0.05) is 43.2 Å². The van der Waals surface area contributed by atoms with Crippen LogP contribution in [0.2, 0.25) is 0 Å². The number of methoxy groups -OCH3 is 1. The molecular weight excluding hydrogens is 382 g/mol. The maximum Gasteiger partial charge on any atom is 0.274 e. The number of rotatable bonds is 5. The maximum absolute atomic E-state index is 13.6. The topological polar surface area (TPSA) is 77.8 Å². The molecule has 29 heavy (non-hydrogen) atoms. The number of fused-ring (bicyclic) bond motifs is 1. The van der Waals surface area contributed by atoms with Crippen molar-refractivity contribution in [1.82, 2.24) is 14.4 Å². The number of pyridine rings is 2. The first-order valence-corrected chi connectivity index (χ1v) is 9.26. The molecular formula is C20H20F2N4O3. The van der Waals surface area contributed by atoms with Crippen molar-refractivity contribution >= 4 is 17.2 Å². The highest BCUT2D eigenvalue weighted by atomic mass is 19.3. The summed E-state index contributed by atoms with van der Waals surface area (Å²) in [5.74, 6) is -0.106. The summed E-state index contributed by atoms with van der Waals surface area (Å²) in [5.41, 5.74) is 1.04. The smallest absolute Gasteiger partial charge is 0.274 e. The van der Waals surface area contributed by atoms with E-state index in [-0.39, 0.29) is 28.7 Å². The number of hydrogen-bond acceptors (Lipinski definition) is 5. The monoisotopic (exact) mass is 402 g/mol. The van der Waals surface area contributed by atoms with Gasteiger partial charge in [0.15, 0.2) is 0 Å². The zero-order chi connectivity index (χ0) is 20.4. The number of ether oxygens (including phenoxy) is 2. The molecule has 1 fully saturated rings. The average Bonchev–Trinajstić information content (AvgIpc) is 3.16. The van der Waals surface area contributed by atoms with Crippen LogP contribution in [0.1, 0.15) is 46.9 Å². The molecule has 1 saturated heterocycles. The lowest BCUT2D eigenvalue weighted by Crippen LogP contribution is -2.16. The van der Waals surface area contributed by atoms with Crippen LogP contribution in [0, 0.1) is 0 Å². The van der Waals surface area contributed by atoms with E-state index < -0.39 is 12.3 Å². The number of nitrogens with one attached hydrogen (secondary N) is 1. The van der Waals surface area contributed by atoms with Gasteiger partial charge >= 0.3 is 0 Å². The van der Waals surface area contributed by atoms with Gasteiger partial charge in [0.2, 0.25) is 5.88 Å².